The van der Waals surface area contributed by atoms with E-state index < -0.39 is 0 Å². The SMILES string of the molecule is CCc1ccc(CNCc2ccoc2)cc1. The molecule has 0 aliphatic rings. The van der Waals surface area contributed by atoms with Crippen molar-refractivity contribution in [2.45, 2.75) is 26.4 Å². The van der Waals surface area contributed by atoms with Crippen LogP contribution in [0.3, 0.4) is 0 Å². The third-order valence-corrected chi connectivity index (χ3v) is 2.67. The maximum atomic E-state index is 5.01. The zero-order valence-corrected chi connectivity index (χ0v) is 9.57. The second-order valence-electron chi connectivity index (χ2n) is 3.91. The predicted octanol–water partition coefficient (Wildman–Crippen LogP) is 3.13. The summed E-state index contributed by atoms with van der Waals surface area (Å²) in [5, 5.41) is 3.38. The Morgan fingerprint density at radius 3 is 2.25 bits per heavy atom. The molecule has 0 unspecified atom stereocenters. The van der Waals surface area contributed by atoms with Crippen LogP contribution < -0.4 is 5.32 Å². The van der Waals surface area contributed by atoms with Crippen LogP contribution in [0.2, 0.25) is 0 Å². The van der Waals surface area contributed by atoms with Gasteiger partial charge in [0.15, 0.2) is 0 Å². The van der Waals surface area contributed by atoms with Gasteiger partial charge in [-0.2, -0.15) is 0 Å². The third kappa shape index (κ3) is 2.97. The standard InChI is InChI=1S/C14H17NO/c1-2-12-3-5-13(6-4-12)9-15-10-14-7-8-16-11-14/h3-8,11,15H,2,9-10H2,1H3. The minimum Gasteiger partial charge on any atom is -0.472 e. The van der Waals surface area contributed by atoms with Gasteiger partial charge < -0.3 is 9.73 Å². The second-order valence-corrected chi connectivity index (χ2v) is 3.91. The topological polar surface area (TPSA) is 25.2 Å². The molecule has 2 heteroatoms. The number of hydrogen-bond donors (Lipinski definition) is 1. The van der Waals surface area contributed by atoms with Crippen molar-refractivity contribution in [1.82, 2.24) is 5.32 Å². The van der Waals surface area contributed by atoms with Crippen LogP contribution in [-0.4, -0.2) is 0 Å². The van der Waals surface area contributed by atoms with Gasteiger partial charge in [-0.15, -0.1) is 0 Å². The molecule has 1 aromatic carbocycles. The zero-order chi connectivity index (χ0) is 11.2. The molecule has 0 aliphatic heterocycles. The lowest BCUT2D eigenvalue weighted by Gasteiger charge is -2.04. The van der Waals surface area contributed by atoms with Gasteiger partial charge in [0, 0.05) is 18.7 Å². The van der Waals surface area contributed by atoms with Crippen LogP contribution in [-0.2, 0) is 19.5 Å². The first kappa shape index (κ1) is 11.0. The highest BCUT2D eigenvalue weighted by Crippen LogP contribution is 2.05. The van der Waals surface area contributed by atoms with Gasteiger partial charge in [-0.05, 0) is 23.6 Å². The van der Waals surface area contributed by atoms with Crippen molar-refractivity contribution in [3.05, 3.63) is 59.5 Å². The fraction of sp³-hybridized carbons (Fsp3) is 0.286. The highest BCUT2D eigenvalue weighted by atomic mass is 16.3. The van der Waals surface area contributed by atoms with Crippen molar-refractivity contribution in [1.29, 1.82) is 0 Å². The van der Waals surface area contributed by atoms with Crippen molar-refractivity contribution in [2.75, 3.05) is 0 Å². The van der Waals surface area contributed by atoms with Crippen LogP contribution in [0, 0.1) is 0 Å². The summed E-state index contributed by atoms with van der Waals surface area (Å²) in [4.78, 5) is 0. The summed E-state index contributed by atoms with van der Waals surface area (Å²) in [6.07, 6.45) is 4.57. The molecule has 0 spiro atoms. The van der Waals surface area contributed by atoms with Crippen LogP contribution in [0.4, 0.5) is 0 Å². The molecule has 2 nitrogen and oxygen atoms in total. The van der Waals surface area contributed by atoms with E-state index in [0.717, 1.165) is 19.5 Å². The molecule has 2 aromatic rings. The number of benzene rings is 1. The molecule has 1 N–H and O–H groups in total. The lowest BCUT2D eigenvalue weighted by Crippen LogP contribution is -2.11. The molecular formula is C14H17NO. The zero-order valence-electron chi connectivity index (χ0n) is 9.57. The van der Waals surface area contributed by atoms with Gasteiger partial charge in [-0.3, -0.25) is 0 Å². The fourth-order valence-corrected chi connectivity index (χ4v) is 1.64. The highest BCUT2D eigenvalue weighted by Gasteiger charge is 1.95. The fourth-order valence-electron chi connectivity index (χ4n) is 1.64. The normalized spacial score (nSPS) is 10.6. The van der Waals surface area contributed by atoms with Gasteiger partial charge >= 0.3 is 0 Å². The van der Waals surface area contributed by atoms with E-state index in [1.54, 1.807) is 12.5 Å². The summed E-state index contributed by atoms with van der Waals surface area (Å²) in [5.74, 6) is 0. The Kier molecular flexibility index (Phi) is 3.78. The molecule has 0 fully saturated rings. The van der Waals surface area contributed by atoms with E-state index in [2.05, 4.69) is 36.5 Å². The summed E-state index contributed by atoms with van der Waals surface area (Å²) in [6, 6.07) is 10.7. The van der Waals surface area contributed by atoms with Crippen LogP contribution >= 0.6 is 0 Å². The maximum Gasteiger partial charge on any atom is 0.0947 e. The van der Waals surface area contributed by atoms with Crippen molar-refractivity contribution >= 4 is 0 Å². The van der Waals surface area contributed by atoms with Crippen molar-refractivity contribution in [3.63, 3.8) is 0 Å². The Bertz CT molecular complexity index is 403. The quantitative estimate of drug-likeness (QED) is 0.829. The minimum atomic E-state index is 0.853. The van der Waals surface area contributed by atoms with E-state index in [1.807, 2.05) is 6.07 Å². The third-order valence-electron chi connectivity index (χ3n) is 2.67. The van der Waals surface area contributed by atoms with E-state index in [1.165, 1.54) is 16.7 Å². The molecule has 0 saturated carbocycles. The van der Waals surface area contributed by atoms with E-state index in [0.29, 0.717) is 0 Å². The molecule has 2 rings (SSSR count). The molecule has 16 heavy (non-hydrogen) atoms. The van der Waals surface area contributed by atoms with E-state index in [-0.39, 0.29) is 0 Å². The summed E-state index contributed by atoms with van der Waals surface area (Å²) < 4.78 is 5.01. The largest absolute Gasteiger partial charge is 0.472 e. The monoisotopic (exact) mass is 215 g/mol. The Labute approximate surface area is 96.3 Å². The van der Waals surface area contributed by atoms with Gasteiger partial charge in [0.05, 0.1) is 12.5 Å². The average Bonchev–Trinajstić information content (AvgIpc) is 2.83. The Morgan fingerprint density at radius 1 is 0.938 bits per heavy atom. The number of aryl methyl sites for hydroxylation is 1. The van der Waals surface area contributed by atoms with Gasteiger partial charge in [0.1, 0.15) is 0 Å². The molecule has 0 amide bonds. The minimum absolute atomic E-state index is 0.853. The van der Waals surface area contributed by atoms with E-state index in [9.17, 15) is 0 Å². The number of hydrogen-bond acceptors (Lipinski definition) is 2. The van der Waals surface area contributed by atoms with Crippen LogP contribution in [0.15, 0.2) is 47.3 Å². The van der Waals surface area contributed by atoms with Crippen LogP contribution in [0.5, 0.6) is 0 Å². The smallest absolute Gasteiger partial charge is 0.0947 e. The molecular weight excluding hydrogens is 198 g/mol. The number of rotatable bonds is 5. The second kappa shape index (κ2) is 5.52. The molecule has 0 atom stereocenters. The maximum absolute atomic E-state index is 5.01. The first-order valence-electron chi connectivity index (χ1n) is 5.68. The molecule has 0 radical (unpaired) electrons. The molecule has 0 saturated heterocycles. The summed E-state index contributed by atoms with van der Waals surface area (Å²) in [5.41, 5.74) is 3.89. The summed E-state index contributed by atoms with van der Waals surface area (Å²) >= 11 is 0. The summed E-state index contributed by atoms with van der Waals surface area (Å²) in [6.45, 7) is 3.92. The van der Waals surface area contributed by atoms with Crippen molar-refractivity contribution in [2.24, 2.45) is 0 Å². The molecule has 1 heterocycles. The van der Waals surface area contributed by atoms with Crippen molar-refractivity contribution < 1.29 is 4.42 Å². The first-order valence-corrected chi connectivity index (χ1v) is 5.68. The molecule has 0 bridgehead atoms. The Balaban J connectivity index is 1.81. The Hall–Kier alpha value is -1.54. The average molecular weight is 215 g/mol. The summed E-state index contributed by atoms with van der Waals surface area (Å²) in [7, 11) is 0. The van der Waals surface area contributed by atoms with Gasteiger partial charge in [-0.25, -0.2) is 0 Å². The molecule has 84 valence electrons. The first-order chi connectivity index (χ1) is 7.88. The van der Waals surface area contributed by atoms with Crippen LogP contribution in [0.25, 0.3) is 0 Å². The lowest BCUT2D eigenvalue weighted by atomic mass is 10.1. The number of nitrogens with one attached hydrogen (secondary N) is 1. The van der Waals surface area contributed by atoms with Gasteiger partial charge in [0.2, 0.25) is 0 Å². The lowest BCUT2D eigenvalue weighted by molar-refractivity contribution is 0.560. The molecule has 1 aromatic heterocycles. The highest BCUT2D eigenvalue weighted by molar-refractivity contribution is 5.22. The number of furan rings is 1. The molecule has 0 aliphatic carbocycles. The predicted molar refractivity (Wildman–Crippen MR) is 65.1 cm³/mol. The van der Waals surface area contributed by atoms with Crippen molar-refractivity contribution in [3.8, 4) is 0 Å². The Morgan fingerprint density at radius 2 is 1.62 bits per heavy atom. The van der Waals surface area contributed by atoms with Gasteiger partial charge in [-0.1, -0.05) is 31.2 Å². The van der Waals surface area contributed by atoms with Crippen LogP contribution in [0.1, 0.15) is 23.6 Å². The van der Waals surface area contributed by atoms with E-state index >= 15 is 0 Å². The van der Waals surface area contributed by atoms with E-state index in [4.69, 9.17) is 4.42 Å². The van der Waals surface area contributed by atoms with Gasteiger partial charge in [0.25, 0.3) is 0 Å².